The van der Waals surface area contributed by atoms with E-state index in [0.29, 0.717) is 34.7 Å². The van der Waals surface area contributed by atoms with Crippen molar-refractivity contribution in [2.45, 2.75) is 31.7 Å². The molecule has 1 amide bonds. The van der Waals surface area contributed by atoms with Gasteiger partial charge in [-0.15, -0.1) is 11.3 Å². The van der Waals surface area contributed by atoms with Crippen LogP contribution in [0.1, 0.15) is 30.7 Å². The largest absolute Gasteiger partial charge is 0.453 e. The molecule has 1 atom stereocenters. The summed E-state index contributed by atoms with van der Waals surface area (Å²) in [6.07, 6.45) is 3.94. The lowest BCUT2D eigenvalue weighted by atomic mass is 10.1. The number of hydrogen-bond acceptors (Lipinski definition) is 9. The maximum Gasteiger partial charge on any atom is 0.407 e. The van der Waals surface area contributed by atoms with Gasteiger partial charge in [-0.05, 0) is 38.0 Å². The summed E-state index contributed by atoms with van der Waals surface area (Å²) in [6, 6.07) is 4.06. The fourth-order valence-electron chi connectivity index (χ4n) is 3.36. The Morgan fingerprint density at radius 1 is 1.33 bits per heavy atom. The molecule has 0 spiro atoms. The molecule has 2 aromatic heterocycles. The van der Waals surface area contributed by atoms with Crippen molar-refractivity contribution in [1.29, 1.82) is 0 Å². The summed E-state index contributed by atoms with van der Waals surface area (Å²) in [4.78, 5) is 25.5. The molecular weight excluding hydrogens is 531 g/mol. The number of alkyl carbamates (subject to hydrolysis) is 1. The van der Waals surface area contributed by atoms with Gasteiger partial charge in [-0.2, -0.15) is 0 Å². The Balaban J connectivity index is 1.70. The summed E-state index contributed by atoms with van der Waals surface area (Å²) in [5.74, 6) is -0.179. The third kappa shape index (κ3) is 6.39. The van der Waals surface area contributed by atoms with Gasteiger partial charge in [0.15, 0.2) is 5.82 Å². The Hall–Kier alpha value is -3.03. The van der Waals surface area contributed by atoms with Crippen molar-refractivity contribution in [3.63, 3.8) is 0 Å². The van der Waals surface area contributed by atoms with Crippen molar-refractivity contribution >= 4 is 50.7 Å². The average molecular weight is 555 g/mol. The second-order valence-corrected chi connectivity index (χ2v) is 11.6. The van der Waals surface area contributed by atoms with Crippen molar-refractivity contribution < 1.29 is 22.3 Å². The Kier molecular flexibility index (Phi) is 7.62. The van der Waals surface area contributed by atoms with E-state index in [1.165, 1.54) is 30.6 Å². The number of thiazole rings is 1. The predicted octanol–water partition coefficient (Wildman–Crippen LogP) is 4.46. The SMILES string of the molecule is COC(=O)NC(C)CNc1nccc(-c2sc(C3CC3)nc2-c2cc(Cl)cc(NS(C)(=O)=O)c2F)n1. The van der Waals surface area contributed by atoms with Crippen molar-refractivity contribution in [2.24, 2.45) is 0 Å². The summed E-state index contributed by atoms with van der Waals surface area (Å²) >= 11 is 7.63. The standard InChI is InChI=1S/C22H24ClFN6O4S2/c1-11(27-22(31)34-2)10-26-21-25-7-6-15(28-21)19-18(29-20(35-19)12-4-5-12)14-8-13(23)9-16(17(14)24)30-36(3,32)33/h6-9,11-12,30H,4-5,10H2,1-3H3,(H,27,31)(H,25,26,28). The topological polar surface area (TPSA) is 135 Å². The first-order valence-electron chi connectivity index (χ1n) is 10.9. The molecule has 0 bridgehead atoms. The first-order chi connectivity index (χ1) is 17.0. The van der Waals surface area contributed by atoms with Crippen LogP contribution in [0.5, 0.6) is 0 Å². The van der Waals surface area contributed by atoms with E-state index in [2.05, 4.69) is 30.1 Å². The summed E-state index contributed by atoms with van der Waals surface area (Å²) in [7, 11) is -2.45. The molecular formula is C22H24ClFN6O4S2. The number of benzene rings is 1. The molecule has 10 nitrogen and oxygen atoms in total. The minimum atomic E-state index is -3.73. The maximum absolute atomic E-state index is 15.5. The Bertz CT molecular complexity index is 1400. The lowest BCUT2D eigenvalue weighted by Crippen LogP contribution is -2.37. The molecule has 1 saturated carbocycles. The number of amides is 1. The number of sulfonamides is 1. The van der Waals surface area contributed by atoms with Gasteiger partial charge in [0.2, 0.25) is 16.0 Å². The first-order valence-corrected chi connectivity index (χ1v) is 14.0. The average Bonchev–Trinajstić information content (AvgIpc) is 3.57. The van der Waals surface area contributed by atoms with Gasteiger partial charge in [-0.25, -0.2) is 32.6 Å². The number of carbonyl (C=O) groups is 1. The predicted molar refractivity (Wildman–Crippen MR) is 137 cm³/mol. The highest BCUT2D eigenvalue weighted by atomic mass is 35.5. The minimum absolute atomic E-state index is 0.0656. The van der Waals surface area contributed by atoms with Crippen LogP contribution < -0.4 is 15.4 Å². The van der Waals surface area contributed by atoms with Crippen LogP contribution in [0.2, 0.25) is 5.02 Å². The summed E-state index contributed by atoms with van der Waals surface area (Å²) < 4.78 is 45.7. The molecule has 14 heteroatoms. The van der Waals surface area contributed by atoms with Gasteiger partial charge in [0, 0.05) is 35.3 Å². The zero-order valence-electron chi connectivity index (χ0n) is 19.6. The molecule has 3 aromatic rings. The highest BCUT2D eigenvalue weighted by Crippen LogP contribution is 2.47. The smallest absolute Gasteiger partial charge is 0.407 e. The molecule has 1 unspecified atom stereocenters. The van der Waals surface area contributed by atoms with Crippen LogP contribution in [0.25, 0.3) is 21.8 Å². The van der Waals surface area contributed by atoms with Crippen LogP contribution in [0.3, 0.4) is 0 Å². The molecule has 36 heavy (non-hydrogen) atoms. The molecule has 3 N–H and O–H groups in total. The van der Waals surface area contributed by atoms with Crippen molar-refractivity contribution in [1.82, 2.24) is 20.3 Å². The van der Waals surface area contributed by atoms with E-state index >= 15 is 4.39 Å². The number of aromatic nitrogens is 3. The van der Waals surface area contributed by atoms with E-state index in [0.717, 1.165) is 24.1 Å². The van der Waals surface area contributed by atoms with E-state index < -0.39 is 21.9 Å². The van der Waals surface area contributed by atoms with Gasteiger partial charge in [0.05, 0.1) is 40.3 Å². The van der Waals surface area contributed by atoms with Crippen molar-refractivity contribution in [3.8, 4) is 21.8 Å². The van der Waals surface area contributed by atoms with Crippen LogP contribution in [-0.4, -0.2) is 55.4 Å². The van der Waals surface area contributed by atoms with Crippen LogP contribution in [0.4, 0.5) is 20.8 Å². The molecule has 1 fully saturated rings. The van der Waals surface area contributed by atoms with E-state index in [1.807, 2.05) is 0 Å². The van der Waals surface area contributed by atoms with E-state index in [9.17, 15) is 13.2 Å². The maximum atomic E-state index is 15.5. The molecule has 1 aliphatic rings. The second kappa shape index (κ2) is 10.5. The zero-order chi connectivity index (χ0) is 26.0. The Labute approximate surface area is 216 Å². The Morgan fingerprint density at radius 3 is 2.75 bits per heavy atom. The van der Waals surface area contributed by atoms with Crippen molar-refractivity contribution in [3.05, 3.63) is 40.2 Å². The molecule has 192 valence electrons. The summed E-state index contributed by atoms with van der Waals surface area (Å²) in [5.41, 5.74) is 0.640. The monoisotopic (exact) mass is 554 g/mol. The number of anilines is 2. The van der Waals surface area contributed by atoms with Gasteiger partial charge < -0.3 is 15.4 Å². The fourth-order valence-corrected chi connectivity index (χ4v) is 5.34. The highest BCUT2D eigenvalue weighted by molar-refractivity contribution is 7.92. The highest BCUT2D eigenvalue weighted by Gasteiger charge is 2.30. The third-order valence-corrected chi connectivity index (χ3v) is 7.21. The van der Waals surface area contributed by atoms with Gasteiger partial charge in [-0.3, -0.25) is 4.72 Å². The number of nitrogens with zero attached hydrogens (tertiary/aromatic N) is 3. The quantitative estimate of drug-likeness (QED) is 0.353. The number of rotatable bonds is 9. The van der Waals surface area contributed by atoms with Crippen LogP contribution in [0, 0.1) is 5.82 Å². The number of halogens is 2. The van der Waals surface area contributed by atoms with Crippen LogP contribution in [-0.2, 0) is 14.8 Å². The van der Waals surface area contributed by atoms with Gasteiger partial charge >= 0.3 is 6.09 Å². The molecule has 1 aromatic carbocycles. The van der Waals surface area contributed by atoms with Crippen LogP contribution in [0.15, 0.2) is 24.4 Å². The number of nitrogens with one attached hydrogen (secondary N) is 3. The lowest BCUT2D eigenvalue weighted by Gasteiger charge is -2.14. The van der Waals surface area contributed by atoms with E-state index in [4.69, 9.17) is 16.6 Å². The fraction of sp³-hybridized carbons (Fsp3) is 0.364. The van der Waals surface area contributed by atoms with E-state index in [-0.39, 0.29) is 22.3 Å². The molecule has 0 radical (unpaired) electrons. The van der Waals surface area contributed by atoms with E-state index in [1.54, 1.807) is 19.2 Å². The lowest BCUT2D eigenvalue weighted by molar-refractivity contribution is 0.168. The molecule has 0 aliphatic heterocycles. The molecule has 4 rings (SSSR count). The van der Waals surface area contributed by atoms with Gasteiger partial charge in [0.1, 0.15) is 0 Å². The van der Waals surface area contributed by atoms with Crippen LogP contribution >= 0.6 is 22.9 Å². The van der Waals surface area contributed by atoms with Crippen molar-refractivity contribution in [2.75, 3.05) is 29.9 Å². The summed E-state index contributed by atoms with van der Waals surface area (Å²) in [5, 5.41) is 6.71. The summed E-state index contributed by atoms with van der Waals surface area (Å²) in [6.45, 7) is 2.13. The first kappa shape index (κ1) is 26.0. The number of carbonyl (C=O) groups excluding carboxylic acids is 1. The Morgan fingerprint density at radius 2 is 2.08 bits per heavy atom. The molecule has 2 heterocycles. The zero-order valence-corrected chi connectivity index (χ0v) is 22.0. The third-order valence-electron chi connectivity index (χ3n) is 5.16. The number of methoxy groups -OCH3 is 1. The normalized spacial score (nSPS) is 14.2. The minimum Gasteiger partial charge on any atom is -0.453 e. The second-order valence-electron chi connectivity index (χ2n) is 8.38. The number of hydrogen-bond donors (Lipinski definition) is 3. The molecule has 0 saturated heterocycles. The van der Waals surface area contributed by atoms with Gasteiger partial charge in [-0.1, -0.05) is 11.6 Å². The molecule has 1 aliphatic carbocycles. The van der Waals surface area contributed by atoms with Gasteiger partial charge in [0.25, 0.3) is 0 Å². The number of ether oxygens (including phenoxy) is 1.